The fourth-order valence-corrected chi connectivity index (χ4v) is 1.72. The maximum absolute atomic E-state index is 10.2. The molecule has 1 N–H and O–H groups in total. The van der Waals surface area contributed by atoms with Gasteiger partial charge in [0.25, 0.3) is 0 Å². The minimum absolute atomic E-state index is 0.569. The third-order valence-electron chi connectivity index (χ3n) is 2.52. The van der Waals surface area contributed by atoms with Crippen molar-refractivity contribution in [1.82, 2.24) is 0 Å². The predicted molar refractivity (Wildman–Crippen MR) is 67.4 cm³/mol. The third-order valence-corrected chi connectivity index (χ3v) is 2.52. The molecule has 0 saturated heterocycles. The molecule has 1 atom stereocenters. The van der Waals surface area contributed by atoms with Crippen molar-refractivity contribution in [3.05, 3.63) is 23.8 Å². The Hall–Kier alpha value is -1.26. The Morgan fingerprint density at radius 1 is 1.18 bits per heavy atom. The van der Waals surface area contributed by atoms with Crippen molar-refractivity contribution in [2.75, 3.05) is 41.9 Å². The first-order valence-corrected chi connectivity index (χ1v) is 5.58. The van der Waals surface area contributed by atoms with Crippen molar-refractivity contribution in [1.29, 1.82) is 0 Å². The minimum Gasteiger partial charge on any atom is -0.497 e. The van der Waals surface area contributed by atoms with Gasteiger partial charge in [0.1, 0.15) is 24.1 Å². The highest BCUT2D eigenvalue weighted by Crippen LogP contribution is 2.30. The van der Waals surface area contributed by atoms with Crippen molar-refractivity contribution in [3.8, 4) is 11.5 Å². The van der Waals surface area contributed by atoms with Crippen molar-refractivity contribution < 1.29 is 19.1 Å². The molecule has 1 aromatic carbocycles. The zero-order valence-electron chi connectivity index (χ0n) is 11.2. The van der Waals surface area contributed by atoms with E-state index < -0.39 is 6.10 Å². The Labute approximate surface area is 103 Å². The van der Waals surface area contributed by atoms with Gasteiger partial charge in [-0.2, -0.15) is 0 Å². The fourth-order valence-electron chi connectivity index (χ4n) is 1.72. The largest absolute Gasteiger partial charge is 0.497 e. The molecule has 0 aromatic heterocycles. The summed E-state index contributed by atoms with van der Waals surface area (Å²) in [5.74, 6) is 1.41. The van der Waals surface area contributed by atoms with Crippen LogP contribution < -0.4 is 9.47 Å². The van der Waals surface area contributed by atoms with E-state index >= 15 is 0 Å². The smallest absolute Gasteiger partial charge is 0.132 e. The number of aliphatic hydroxyl groups is 1. The van der Waals surface area contributed by atoms with Crippen LogP contribution in [0, 0.1) is 0 Å². The molecule has 0 bridgehead atoms. The van der Waals surface area contributed by atoms with Crippen LogP contribution in [0.5, 0.6) is 11.5 Å². The van der Waals surface area contributed by atoms with Crippen molar-refractivity contribution in [2.45, 2.75) is 6.10 Å². The Morgan fingerprint density at radius 2 is 1.82 bits per heavy atom. The van der Waals surface area contributed by atoms with Gasteiger partial charge in [-0.25, -0.2) is 0 Å². The topological polar surface area (TPSA) is 38.7 Å². The Kier molecular flexibility index (Phi) is 4.37. The van der Waals surface area contributed by atoms with Crippen LogP contribution in [0.3, 0.4) is 0 Å². The number of ether oxygens (including phenoxy) is 2. The van der Waals surface area contributed by atoms with Gasteiger partial charge in [0.15, 0.2) is 0 Å². The summed E-state index contributed by atoms with van der Waals surface area (Å²) in [7, 11) is 9.32. The zero-order chi connectivity index (χ0) is 13.1. The van der Waals surface area contributed by atoms with Crippen LogP contribution in [-0.2, 0) is 0 Å². The van der Waals surface area contributed by atoms with Gasteiger partial charge in [0.2, 0.25) is 0 Å². The van der Waals surface area contributed by atoms with Gasteiger partial charge in [0.05, 0.1) is 35.4 Å². The molecule has 0 aliphatic rings. The summed E-state index contributed by atoms with van der Waals surface area (Å²) in [4.78, 5) is 0. The van der Waals surface area contributed by atoms with E-state index in [-0.39, 0.29) is 0 Å². The molecular weight excluding hydrogens is 218 g/mol. The maximum atomic E-state index is 10.2. The average molecular weight is 240 g/mol. The quantitative estimate of drug-likeness (QED) is 0.792. The Bertz CT molecular complexity index is 371. The second kappa shape index (κ2) is 5.38. The van der Waals surface area contributed by atoms with Crippen LogP contribution in [0.2, 0.25) is 0 Å². The first kappa shape index (κ1) is 13.8. The summed E-state index contributed by atoms with van der Waals surface area (Å²) >= 11 is 0. The number of hydrogen-bond donors (Lipinski definition) is 1. The number of nitrogens with zero attached hydrogens (tertiary/aromatic N) is 1. The van der Waals surface area contributed by atoms with Gasteiger partial charge in [-0.05, 0) is 18.2 Å². The molecule has 1 unspecified atom stereocenters. The van der Waals surface area contributed by atoms with Crippen molar-refractivity contribution in [3.63, 3.8) is 0 Å². The molecule has 96 valence electrons. The number of likely N-dealkylation sites (N-methyl/N-ethyl adjacent to an activating group) is 1. The van der Waals surface area contributed by atoms with E-state index in [1.165, 1.54) is 0 Å². The summed E-state index contributed by atoms with van der Waals surface area (Å²) < 4.78 is 11.1. The number of methoxy groups -OCH3 is 2. The second-order valence-electron chi connectivity index (χ2n) is 5.10. The first-order valence-electron chi connectivity index (χ1n) is 5.58. The van der Waals surface area contributed by atoms with E-state index in [1.807, 2.05) is 39.3 Å². The summed E-state index contributed by atoms with van der Waals surface area (Å²) in [6, 6.07) is 5.45. The molecular formula is C13H22NO3+. The standard InChI is InChI=1S/C13H22NO3/c1-14(2,3)9-12(15)11-8-10(16-4)6-7-13(11)17-5/h6-8,12,15H,9H2,1-5H3/q+1. The second-order valence-corrected chi connectivity index (χ2v) is 5.10. The van der Waals surface area contributed by atoms with E-state index in [0.717, 1.165) is 11.3 Å². The van der Waals surface area contributed by atoms with Crippen LogP contribution >= 0.6 is 0 Å². The number of benzene rings is 1. The minimum atomic E-state index is -0.569. The van der Waals surface area contributed by atoms with Crippen LogP contribution in [0.4, 0.5) is 0 Å². The number of quaternary nitrogens is 1. The van der Waals surface area contributed by atoms with Gasteiger partial charge < -0.3 is 19.1 Å². The number of hydrogen-bond acceptors (Lipinski definition) is 3. The lowest BCUT2D eigenvalue weighted by Crippen LogP contribution is -2.38. The van der Waals surface area contributed by atoms with E-state index in [9.17, 15) is 5.11 Å². The summed E-state index contributed by atoms with van der Waals surface area (Å²) in [6.07, 6.45) is -0.569. The van der Waals surface area contributed by atoms with Crippen LogP contribution in [0.25, 0.3) is 0 Å². The lowest BCUT2D eigenvalue weighted by atomic mass is 10.1. The van der Waals surface area contributed by atoms with E-state index in [1.54, 1.807) is 14.2 Å². The summed E-state index contributed by atoms with van der Waals surface area (Å²) in [6.45, 7) is 0.615. The molecule has 0 saturated carbocycles. The molecule has 0 amide bonds. The van der Waals surface area contributed by atoms with Crippen LogP contribution in [0.1, 0.15) is 11.7 Å². The fraction of sp³-hybridized carbons (Fsp3) is 0.538. The molecule has 0 heterocycles. The lowest BCUT2D eigenvalue weighted by Gasteiger charge is -2.27. The predicted octanol–water partition coefficient (Wildman–Crippen LogP) is 1.44. The van der Waals surface area contributed by atoms with Gasteiger partial charge >= 0.3 is 0 Å². The highest BCUT2D eigenvalue weighted by atomic mass is 16.5. The molecule has 1 rings (SSSR count). The Balaban J connectivity index is 3.01. The zero-order valence-corrected chi connectivity index (χ0v) is 11.2. The highest BCUT2D eigenvalue weighted by Gasteiger charge is 2.21. The monoisotopic (exact) mass is 240 g/mol. The van der Waals surface area contributed by atoms with Crippen LogP contribution in [0.15, 0.2) is 18.2 Å². The molecule has 0 radical (unpaired) electrons. The van der Waals surface area contributed by atoms with E-state index in [0.29, 0.717) is 16.8 Å². The van der Waals surface area contributed by atoms with Gasteiger partial charge in [-0.3, -0.25) is 0 Å². The highest BCUT2D eigenvalue weighted by molar-refractivity contribution is 5.41. The molecule has 0 fully saturated rings. The molecule has 0 aliphatic heterocycles. The summed E-state index contributed by atoms with van der Waals surface area (Å²) in [5.41, 5.74) is 0.764. The SMILES string of the molecule is COc1ccc(OC)c(C(O)C[N+](C)(C)C)c1. The van der Waals surface area contributed by atoms with Crippen LogP contribution in [-0.4, -0.2) is 51.5 Å². The van der Waals surface area contributed by atoms with Gasteiger partial charge in [-0.15, -0.1) is 0 Å². The van der Waals surface area contributed by atoms with Gasteiger partial charge in [-0.1, -0.05) is 0 Å². The average Bonchev–Trinajstić information content (AvgIpc) is 2.25. The normalized spacial score (nSPS) is 13.3. The molecule has 1 aromatic rings. The van der Waals surface area contributed by atoms with Crippen molar-refractivity contribution in [2.24, 2.45) is 0 Å². The number of aliphatic hydroxyl groups excluding tert-OH is 1. The maximum Gasteiger partial charge on any atom is 0.132 e. The molecule has 4 heteroatoms. The van der Waals surface area contributed by atoms with Crippen molar-refractivity contribution >= 4 is 0 Å². The van der Waals surface area contributed by atoms with Gasteiger partial charge in [0, 0.05) is 5.56 Å². The van der Waals surface area contributed by atoms with E-state index in [4.69, 9.17) is 9.47 Å². The molecule has 17 heavy (non-hydrogen) atoms. The first-order chi connectivity index (χ1) is 7.87. The molecule has 4 nitrogen and oxygen atoms in total. The lowest BCUT2D eigenvalue weighted by molar-refractivity contribution is -0.874. The summed E-state index contributed by atoms with van der Waals surface area (Å²) in [5, 5.41) is 10.2. The van der Waals surface area contributed by atoms with E-state index in [2.05, 4.69) is 0 Å². The molecule has 0 aliphatic carbocycles. The number of rotatable bonds is 5. The molecule has 0 spiro atoms. The Morgan fingerprint density at radius 3 is 2.29 bits per heavy atom. The third kappa shape index (κ3) is 3.91.